The average Bonchev–Trinajstić information content (AvgIpc) is 2.95. The van der Waals surface area contributed by atoms with Crippen molar-refractivity contribution >= 4 is 12.1 Å². The number of benzene rings is 2. The molecule has 2 aromatic rings. The molecule has 8 heteroatoms. The fourth-order valence-electron chi connectivity index (χ4n) is 3.10. The maximum atomic E-state index is 12.0. The van der Waals surface area contributed by atoms with Gasteiger partial charge in [-0.25, -0.2) is 14.5 Å². The summed E-state index contributed by atoms with van der Waals surface area (Å²) in [5.74, 6) is -1.02. The summed E-state index contributed by atoms with van der Waals surface area (Å²) in [6.07, 6.45) is -2.57. The Labute approximate surface area is 162 Å². The number of carbonyl (C=O) groups is 2. The van der Waals surface area contributed by atoms with E-state index in [0.717, 1.165) is 11.1 Å². The average molecular weight is 386 g/mol. The molecule has 1 aliphatic heterocycles. The number of alkyl carbamates (subject to hydrolysis) is 1. The predicted molar refractivity (Wildman–Crippen MR) is 99.1 cm³/mol. The van der Waals surface area contributed by atoms with Crippen molar-refractivity contribution in [2.45, 2.75) is 38.1 Å². The lowest BCUT2D eigenvalue weighted by Gasteiger charge is -2.25. The molecule has 0 aromatic heterocycles. The Morgan fingerprint density at radius 3 is 2.36 bits per heavy atom. The number of aliphatic hydroxyl groups excluding tert-OH is 2. The zero-order valence-corrected chi connectivity index (χ0v) is 15.1. The van der Waals surface area contributed by atoms with Crippen LogP contribution in [0.25, 0.3) is 0 Å². The third-order valence-electron chi connectivity index (χ3n) is 4.63. The van der Waals surface area contributed by atoms with Crippen LogP contribution in [-0.2, 0) is 17.9 Å². The van der Waals surface area contributed by atoms with Crippen LogP contribution in [0.5, 0.6) is 0 Å². The van der Waals surface area contributed by atoms with Crippen LogP contribution >= 0.6 is 0 Å². The van der Waals surface area contributed by atoms with Gasteiger partial charge in [-0.15, -0.1) is 0 Å². The maximum absolute atomic E-state index is 12.0. The molecule has 1 amide bonds. The van der Waals surface area contributed by atoms with Crippen molar-refractivity contribution in [2.24, 2.45) is 0 Å². The van der Waals surface area contributed by atoms with E-state index in [1.165, 1.54) is 17.0 Å². The molecule has 2 aromatic carbocycles. The van der Waals surface area contributed by atoms with E-state index < -0.39 is 30.6 Å². The van der Waals surface area contributed by atoms with Crippen LogP contribution in [0.2, 0.25) is 0 Å². The summed E-state index contributed by atoms with van der Waals surface area (Å²) < 4.78 is 5.15. The molecule has 3 rings (SSSR count). The Morgan fingerprint density at radius 1 is 1.04 bits per heavy atom. The van der Waals surface area contributed by atoms with Gasteiger partial charge in [-0.1, -0.05) is 42.5 Å². The third kappa shape index (κ3) is 4.86. The van der Waals surface area contributed by atoms with Gasteiger partial charge in [-0.05, 0) is 23.3 Å². The summed E-state index contributed by atoms with van der Waals surface area (Å²) in [5.41, 5.74) is 1.73. The van der Waals surface area contributed by atoms with E-state index in [-0.39, 0.29) is 25.1 Å². The Bertz CT molecular complexity index is 811. The van der Waals surface area contributed by atoms with E-state index in [1.807, 2.05) is 30.3 Å². The number of carboxylic acids is 1. The van der Waals surface area contributed by atoms with Crippen molar-refractivity contribution in [1.29, 1.82) is 0 Å². The molecule has 28 heavy (non-hydrogen) atoms. The summed E-state index contributed by atoms with van der Waals surface area (Å²) in [4.78, 5) is 24.3. The van der Waals surface area contributed by atoms with Crippen molar-refractivity contribution in [1.82, 2.24) is 10.2 Å². The van der Waals surface area contributed by atoms with Crippen molar-refractivity contribution in [3.8, 4) is 0 Å². The summed E-state index contributed by atoms with van der Waals surface area (Å²) in [6.45, 7) is 0.317. The summed E-state index contributed by atoms with van der Waals surface area (Å²) >= 11 is 0. The first kappa shape index (κ1) is 19.8. The van der Waals surface area contributed by atoms with Gasteiger partial charge in [0.25, 0.3) is 0 Å². The number of hydrogen-bond donors (Lipinski definition) is 4. The first-order chi connectivity index (χ1) is 13.4. The highest BCUT2D eigenvalue weighted by molar-refractivity contribution is 5.87. The Morgan fingerprint density at radius 2 is 1.71 bits per heavy atom. The summed E-state index contributed by atoms with van der Waals surface area (Å²) in [5, 5.41) is 32.2. The van der Waals surface area contributed by atoms with Gasteiger partial charge in [0.1, 0.15) is 19.1 Å². The summed E-state index contributed by atoms with van der Waals surface area (Å²) in [7, 11) is 0. The lowest BCUT2D eigenvalue weighted by molar-refractivity contribution is -0.0632. The normalized spacial score (nSPS) is 22.0. The van der Waals surface area contributed by atoms with Gasteiger partial charge in [-0.3, -0.25) is 0 Å². The predicted octanol–water partition coefficient (Wildman–Crippen LogP) is 1.52. The molecule has 1 saturated heterocycles. The number of nitrogens with zero attached hydrogens (tertiary/aromatic N) is 1. The van der Waals surface area contributed by atoms with E-state index in [1.54, 1.807) is 12.1 Å². The van der Waals surface area contributed by atoms with Crippen LogP contribution < -0.4 is 5.32 Å². The smallest absolute Gasteiger partial charge is 0.407 e. The van der Waals surface area contributed by atoms with Gasteiger partial charge in [0.2, 0.25) is 0 Å². The van der Waals surface area contributed by atoms with Gasteiger partial charge < -0.3 is 25.4 Å². The monoisotopic (exact) mass is 386 g/mol. The van der Waals surface area contributed by atoms with Crippen LogP contribution in [0, 0.1) is 0 Å². The van der Waals surface area contributed by atoms with E-state index in [4.69, 9.17) is 9.84 Å². The van der Waals surface area contributed by atoms with E-state index in [9.17, 15) is 19.8 Å². The summed E-state index contributed by atoms with van der Waals surface area (Å²) in [6, 6.07) is 14.7. The van der Waals surface area contributed by atoms with E-state index in [2.05, 4.69) is 5.32 Å². The SMILES string of the molecule is O=C(N[C@H]1C[C@H](O)N(Cc2ccc(C(=O)O)cc2)[C@H]1O)OCc1ccccc1. The molecule has 1 heterocycles. The fourth-order valence-corrected chi connectivity index (χ4v) is 3.10. The number of amides is 1. The van der Waals surface area contributed by atoms with Gasteiger partial charge >= 0.3 is 12.1 Å². The molecular weight excluding hydrogens is 364 g/mol. The highest BCUT2D eigenvalue weighted by Gasteiger charge is 2.40. The minimum atomic E-state index is -1.10. The molecule has 0 unspecified atom stereocenters. The Kier molecular flexibility index (Phi) is 6.25. The van der Waals surface area contributed by atoms with Crippen molar-refractivity contribution in [2.75, 3.05) is 0 Å². The number of carbonyl (C=O) groups excluding carboxylic acids is 1. The number of ether oxygens (including phenoxy) is 1. The quantitative estimate of drug-likeness (QED) is 0.594. The molecule has 0 spiro atoms. The number of aliphatic hydroxyl groups is 2. The molecule has 148 valence electrons. The van der Waals surface area contributed by atoms with Crippen LogP contribution in [0.15, 0.2) is 54.6 Å². The second-order valence-electron chi connectivity index (χ2n) is 6.62. The second-order valence-corrected chi connectivity index (χ2v) is 6.62. The van der Waals surface area contributed by atoms with Crippen LogP contribution in [-0.4, -0.2) is 50.8 Å². The first-order valence-electron chi connectivity index (χ1n) is 8.85. The molecular formula is C20H22N2O6. The van der Waals surface area contributed by atoms with Crippen molar-refractivity contribution in [3.05, 3.63) is 71.3 Å². The molecule has 3 atom stereocenters. The Hall–Kier alpha value is -2.94. The number of hydrogen-bond acceptors (Lipinski definition) is 6. The molecule has 0 aliphatic carbocycles. The third-order valence-corrected chi connectivity index (χ3v) is 4.63. The lowest BCUT2D eigenvalue weighted by atomic mass is 10.1. The number of nitrogens with one attached hydrogen (secondary N) is 1. The Balaban J connectivity index is 1.53. The zero-order chi connectivity index (χ0) is 20.1. The van der Waals surface area contributed by atoms with Crippen LogP contribution in [0.3, 0.4) is 0 Å². The van der Waals surface area contributed by atoms with E-state index in [0.29, 0.717) is 0 Å². The topological polar surface area (TPSA) is 119 Å². The van der Waals surface area contributed by atoms with Gasteiger partial charge in [0, 0.05) is 13.0 Å². The number of carboxylic acid groups (broad SMARTS) is 1. The molecule has 0 saturated carbocycles. The number of aromatic carboxylic acids is 1. The molecule has 1 fully saturated rings. The number of likely N-dealkylation sites (tertiary alicyclic amines) is 1. The highest BCUT2D eigenvalue weighted by atomic mass is 16.5. The standard InChI is InChI=1S/C20H22N2O6/c23-17-10-16(21-20(27)28-12-14-4-2-1-3-5-14)18(24)22(17)11-13-6-8-15(9-7-13)19(25)26/h1-9,16-18,23-24H,10-12H2,(H,21,27)(H,25,26)/t16-,17-,18-/m0/s1. The largest absolute Gasteiger partial charge is 0.478 e. The molecule has 1 aliphatic rings. The van der Waals surface area contributed by atoms with Gasteiger partial charge in [-0.2, -0.15) is 0 Å². The van der Waals surface area contributed by atoms with Crippen molar-refractivity contribution in [3.63, 3.8) is 0 Å². The fraction of sp³-hybridized carbons (Fsp3) is 0.300. The molecule has 0 radical (unpaired) electrons. The maximum Gasteiger partial charge on any atom is 0.407 e. The van der Waals surface area contributed by atoms with Gasteiger partial charge in [0.15, 0.2) is 0 Å². The van der Waals surface area contributed by atoms with Crippen LogP contribution in [0.1, 0.15) is 27.9 Å². The highest BCUT2D eigenvalue weighted by Crippen LogP contribution is 2.24. The molecule has 0 bridgehead atoms. The second kappa shape index (κ2) is 8.83. The lowest BCUT2D eigenvalue weighted by Crippen LogP contribution is -2.45. The number of rotatable bonds is 6. The first-order valence-corrected chi connectivity index (χ1v) is 8.85. The van der Waals surface area contributed by atoms with Gasteiger partial charge in [0.05, 0.1) is 11.6 Å². The minimum Gasteiger partial charge on any atom is -0.478 e. The van der Waals surface area contributed by atoms with E-state index >= 15 is 0 Å². The minimum absolute atomic E-state index is 0.109. The van der Waals surface area contributed by atoms with Crippen molar-refractivity contribution < 1.29 is 29.6 Å². The zero-order valence-electron chi connectivity index (χ0n) is 15.1. The molecule has 4 N–H and O–H groups in total. The molecule has 8 nitrogen and oxygen atoms in total. The van der Waals surface area contributed by atoms with Crippen LogP contribution in [0.4, 0.5) is 4.79 Å².